The van der Waals surface area contributed by atoms with Gasteiger partial charge in [-0.25, -0.2) is 0 Å². The summed E-state index contributed by atoms with van der Waals surface area (Å²) in [6, 6.07) is 4.20. The number of rotatable bonds is 4. The second kappa shape index (κ2) is 4.22. The molecular formula is C10H15NOS. The molecule has 2 N–H and O–H groups in total. The maximum absolute atomic E-state index is 5.69. The van der Waals surface area contributed by atoms with Crippen LogP contribution in [0.3, 0.4) is 0 Å². The molecule has 0 radical (unpaired) electrons. The summed E-state index contributed by atoms with van der Waals surface area (Å²) in [5.41, 5.74) is 5.53. The van der Waals surface area contributed by atoms with Gasteiger partial charge in [-0.05, 0) is 31.4 Å². The summed E-state index contributed by atoms with van der Waals surface area (Å²) >= 11 is 1.76. The molecule has 0 saturated heterocycles. The fourth-order valence-electron chi connectivity index (χ4n) is 1.35. The van der Waals surface area contributed by atoms with Crippen LogP contribution in [-0.2, 0) is 17.9 Å². The van der Waals surface area contributed by atoms with E-state index in [-0.39, 0.29) is 0 Å². The Morgan fingerprint density at radius 2 is 2.15 bits per heavy atom. The first kappa shape index (κ1) is 9.19. The smallest absolute Gasteiger partial charge is 0.0813 e. The zero-order valence-corrected chi connectivity index (χ0v) is 8.48. The van der Waals surface area contributed by atoms with Crippen LogP contribution in [0.25, 0.3) is 0 Å². The van der Waals surface area contributed by atoms with Gasteiger partial charge >= 0.3 is 0 Å². The first-order valence-corrected chi connectivity index (χ1v) is 5.59. The third-order valence-electron chi connectivity index (χ3n) is 2.43. The predicted molar refractivity (Wildman–Crippen MR) is 54.6 cm³/mol. The maximum atomic E-state index is 5.69. The van der Waals surface area contributed by atoms with Gasteiger partial charge in [0.25, 0.3) is 0 Å². The van der Waals surface area contributed by atoms with E-state index in [9.17, 15) is 0 Å². The zero-order chi connectivity index (χ0) is 9.10. The molecule has 2 rings (SSSR count). The molecule has 0 atom stereocenters. The van der Waals surface area contributed by atoms with Crippen LogP contribution in [0.15, 0.2) is 12.1 Å². The van der Waals surface area contributed by atoms with Crippen LogP contribution in [0.5, 0.6) is 0 Å². The number of nitrogens with two attached hydrogens (primary N) is 1. The number of thiophene rings is 1. The molecule has 0 aromatic carbocycles. The lowest BCUT2D eigenvalue weighted by Gasteiger charge is -2.25. The highest BCUT2D eigenvalue weighted by Gasteiger charge is 2.17. The lowest BCUT2D eigenvalue weighted by molar-refractivity contribution is -0.00744. The van der Waals surface area contributed by atoms with Gasteiger partial charge in [0.2, 0.25) is 0 Å². The lowest BCUT2D eigenvalue weighted by Crippen LogP contribution is -2.20. The minimum absolute atomic E-state index is 0.531. The summed E-state index contributed by atoms with van der Waals surface area (Å²) in [6.45, 7) is 1.42. The van der Waals surface area contributed by atoms with Crippen molar-refractivity contribution in [3.05, 3.63) is 21.9 Å². The SMILES string of the molecule is NCc1ccc(COC2CCC2)s1. The van der Waals surface area contributed by atoms with E-state index in [1.165, 1.54) is 29.0 Å². The normalized spacial score (nSPS) is 17.3. The number of hydrogen-bond donors (Lipinski definition) is 1. The molecule has 1 aliphatic rings. The van der Waals surface area contributed by atoms with E-state index in [0.29, 0.717) is 12.6 Å². The van der Waals surface area contributed by atoms with E-state index in [1.54, 1.807) is 11.3 Å². The van der Waals surface area contributed by atoms with Crippen LogP contribution in [-0.4, -0.2) is 6.10 Å². The van der Waals surface area contributed by atoms with Crippen molar-refractivity contribution in [2.45, 2.75) is 38.5 Å². The maximum Gasteiger partial charge on any atom is 0.0813 e. The summed E-state index contributed by atoms with van der Waals surface area (Å²) in [5.74, 6) is 0. The Labute approximate surface area is 82.7 Å². The van der Waals surface area contributed by atoms with Crippen molar-refractivity contribution in [2.24, 2.45) is 5.73 Å². The molecule has 0 bridgehead atoms. The van der Waals surface area contributed by atoms with Crippen LogP contribution in [0.1, 0.15) is 29.0 Å². The van der Waals surface area contributed by atoms with Crippen molar-refractivity contribution in [3.8, 4) is 0 Å². The highest BCUT2D eigenvalue weighted by Crippen LogP contribution is 2.24. The quantitative estimate of drug-likeness (QED) is 0.803. The molecular weight excluding hydrogens is 182 g/mol. The van der Waals surface area contributed by atoms with Crippen molar-refractivity contribution < 1.29 is 4.74 Å². The average molecular weight is 197 g/mol. The van der Waals surface area contributed by atoms with Crippen molar-refractivity contribution >= 4 is 11.3 Å². The largest absolute Gasteiger partial charge is 0.373 e. The molecule has 1 aromatic heterocycles. The molecule has 3 heteroatoms. The fraction of sp³-hybridized carbons (Fsp3) is 0.600. The number of hydrogen-bond acceptors (Lipinski definition) is 3. The molecule has 2 nitrogen and oxygen atoms in total. The molecule has 0 spiro atoms. The van der Waals surface area contributed by atoms with Crippen LogP contribution >= 0.6 is 11.3 Å². The third kappa shape index (κ3) is 2.30. The van der Waals surface area contributed by atoms with Gasteiger partial charge in [0.05, 0.1) is 12.7 Å². The summed E-state index contributed by atoms with van der Waals surface area (Å²) in [7, 11) is 0. The molecule has 1 aliphatic carbocycles. The van der Waals surface area contributed by atoms with Crippen LogP contribution in [0.4, 0.5) is 0 Å². The van der Waals surface area contributed by atoms with Gasteiger partial charge in [-0.2, -0.15) is 0 Å². The van der Waals surface area contributed by atoms with Gasteiger partial charge in [0.1, 0.15) is 0 Å². The Bertz CT molecular complexity index is 268. The van der Waals surface area contributed by atoms with Gasteiger partial charge in [-0.3, -0.25) is 0 Å². The van der Waals surface area contributed by atoms with Crippen molar-refractivity contribution in [3.63, 3.8) is 0 Å². The van der Waals surface area contributed by atoms with E-state index < -0.39 is 0 Å². The molecule has 0 amide bonds. The van der Waals surface area contributed by atoms with E-state index >= 15 is 0 Å². The average Bonchev–Trinajstić information content (AvgIpc) is 2.49. The minimum atomic E-state index is 0.531. The van der Waals surface area contributed by atoms with Crippen LogP contribution < -0.4 is 5.73 Å². The van der Waals surface area contributed by atoms with E-state index in [0.717, 1.165) is 6.61 Å². The molecule has 0 unspecified atom stereocenters. The first-order valence-electron chi connectivity index (χ1n) is 4.78. The predicted octanol–water partition coefficient (Wildman–Crippen LogP) is 2.28. The molecule has 1 aromatic rings. The highest BCUT2D eigenvalue weighted by atomic mass is 32.1. The van der Waals surface area contributed by atoms with Crippen molar-refractivity contribution in [1.29, 1.82) is 0 Å². The molecule has 1 fully saturated rings. The highest BCUT2D eigenvalue weighted by molar-refractivity contribution is 7.11. The van der Waals surface area contributed by atoms with E-state index in [4.69, 9.17) is 10.5 Å². The molecule has 13 heavy (non-hydrogen) atoms. The Morgan fingerprint density at radius 1 is 1.38 bits per heavy atom. The van der Waals surface area contributed by atoms with Crippen LogP contribution in [0.2, 0.25) is 0 Å². The third-order valence-corrected chi connectivity index (χ3v) is 3.51. The van der Waals surface area contributed by atoms with Gasteiger partial charge < -0.3 is 10.5 Å². The summed E-state index contributed by atoms with van der Waals surface area (Å²) < 4.78 is 5.69. The summed E-state index contributed by atoms with van der Waals surface area (Å²) in [4.78, 5) is 2.54. The second-order valence-corrected chi connectivity index (χ2v) is 4.69. The summed E-state index contributed by atoms with van der Waals surface area (Å²) in [6.07, 6.45) is 4.36. The van der Waals surface area contributed by atoms with Gasteiger partial charge in [-0.1, -0.05) is 0 Å². The lowest BCUT2D eigenvalue weighted by atomic mass is 9.96. The standard InChI is InChI=1S/C10H15NOS/c11-6-9-4-5-10(13-9)7-12-8-2-1-3-8/h4-5,8H,1-3,6-7,11H2. The minimum Gasteiger partial charge on any atom is -0.373 e. The fourth-order valence-corrected chi connectivity index (χ4v) is 2.17. The molecule has 1 saturated carbocycles. The monoisotopic (exact) mass is 197 g/mol. The van der Waals surface area contributed by atoms with Gasteiger partial charge in [0.15, 0.2) is 0 Å². The Morgan fingerprint density at radius 3 is 2.69 bits per heavy atom. The van der Waals surface area contributed by atoms with E-state index in [2.05, 4.69) is 12.1 Å². The topological polar surface area (TPSA) is 35.2 Å². The van der Waals surface area contributed by atoms with Crippen molar-refractivity contribution in [2.75, 3.05) is 0 Å². The number of ether oxygens (including phenoxy) is 1. The molecule has 0 aliphatic heterocycles. The Hall–Kier alpha value is -0.380. The first-order chi connectivity index (χ1) is 6.38. The Balaban J connectivity index is 1.79. The van der Waals surface area contributed by atoms with E-state index in [1.807, 2.05) is 0 Å². The molecule has 72 valence electrons. The zero-order valence-electron chi connectivity index (χ0n) is 7.66. The summed E-state index contributed by atoms with van der Waals surface area (Å²) in [5, 5.41) is 0. The van der Waals surface area contributed by atoms with Gasteiger partial charge in [-0.15, -0.1) is 11.3 Å². The van der Waals surface area contributed by atoms with Crippen molar-refractivity contribution in [1.82, 2.24) is 0 Å². The molecule has 1 heterocycles. The van der Waals surface area contributed by atoms with Gasteiger partial charge in [0, 0.05) is 16.3 Å². The second-order valence-electron chi connectivity index (χ2n) is 3.44. The van der Waals surface area contributed by atoms with Crippen LogP contribution in [0, 0.1) is 0 Å². The Kier molecular flexibility index (Phi) is 2.98.